The van der Waals surface area contributed by atoms with Crippen LogP contribution in [0.1, 0.15) is 11.3 Å². The summed E-state index contributed by atoms with van der Waals surface area (Å²) in [5.41, 5.74) is 1.50. The lowest BCUT2D eigenvalue weighted by Crippen LogP contribution is -1.79. The molecule has 0 bridgehead atoms. The van der Waals surface area contributed by atoms with E-state index in [0.29, 0.717) is 11.3 Å². The molecule has 1 heterocycles. The van der Waals surface area contributed by atoms with Crippen molar-refractivity contribution in [3.05, 3.63) is 57.6 Å². The quantitative estimate of drug-likeness (QED) is 0.620. The molecule has 0 atom stereocenters. The molecule has 0 spiro atoms. The maximum absolute atomic E-state index is 9.09. The minimum absolute atomic E-state index is 0.603. The van der Waals surface area contributed by atoms with Crippen LogP contribution in [0.15, 0.2) is 46.9 Å². The molecule has 1 aromatic carbocycles. The van der Waals surface area contributed by atoms with Gasteiger partial charge in [-0.15, -0.1) is 0 Å². The summed E-state index contributed by atoms with van der Waals surface area (Å²) in [4.78, 5) is 0. The summed E-state index contributed by atoms with van der Waals surface area (Å²) in [5, 5.41) is 9.09. The molecule has 0 aliphatic heterocycles. The van der Waals surface area contributed by atoms with Gasteiger partial charge in [-0.25, -0.2) is 0 Å². The van der Waals surface area contributed by atoms with Gasteiger partial charge in [-0.2, -0.15) is 5.26 Å². The SMILES string of the molecule is N#C/C(=C\c1ccc(I)o1)c1ccccc1. The molecule has 0 saturated heterocycles. The van der Waals surface area contributed by atoms with Crippen molar-refractivity contribution in [2.45, 2.75) is 0 Å². The Morgan fingerprint density at radius 3 is 2.50 bits per heavy atom. The van der Waals surface area contributed by atoms with Crippen LogP contribution in [0.25, 0.3) is 11.6 Å². The van der Waals surface area contributed by atoms with Crippen molar-refractivity contribution in [3.63, 3.8) is 0 Å². The van der Waals surface area contributed by atoms with E-state index >= 15 is 0 Å². The van der Waals surface area contributed by atoms with Gasteiger partial charge >= 0.3 is 0 Å². The van der Waals surface area contributed by atoms with Crippen LogP contribution in [0.5, 0.6) is 0 Å². The van der Waals surface area contributed by atoms with Crippen LogP contribution in [0.3, 0.4) is 0 Å². The Labute approximate surface area is 107 Å². The zero-order valence-corrected chi connectivity index (χ0v) is 10.5. The number of hydrogen-bond donors (Lipinski definition) is 0. The van der Waals surface area contributed by atoms with Crippen LogP contribution in [-0.2, 0) is 0 Å². The molecule has 0 aliphatic rings. The predicted octanol–water partition coefficient (Wildman–Crippen LogP) is 3.95. The maximum atomic E-state index is 9.09. The van der Waals surface area contributed by atoms with Crippen LogP contribution < -0.4 is 0 Å². The number of hydrogen-bond acceptors (Lipinski definition) is 2. The Bertz CT molecular complexity index is 549. The van der Waals surface area contributed by atoms with Crippen LogP contribution >= 0.6 is 22.6 Å². The first kappa shape index (κ1) is 11.0. The molecule has 16 heavy (non-hydrogen) atoms. The molecule has 0 aliphatic carbocycles. The molecule has 0 N–H and O–H groups in total. The minimum atomic E-state index is 0.603. The third kappa shape index (κ3) is 2.52. The Kier molecular flexibility index (Phi) is 3.42. The number of halogens is 1. The summed E-state index contributed by atoms with van der Waals surface area (Å²) < 4.78 is 6.21. The number of allylic oxidation sites excluding steroid dienone is 1. The lowest BCUT2D eigenvalue weighted by atomic mass is 10.1. The topological polar surface area (TPSA) is 36.9 Å². The fraction of sp³-hybridized carbons (Fsp3) is 0. The second-order valence-corrected chi connectivity index (χ2v) is 4.24. The summed E-state index contributed by atoms with van der Waals surface area (Å²) in [6, 6.07) is 15.4. The van der Waals surface area contributed by atoms with Gasteiger partial charge < -0.3 is 4.42 Å². The average molecular weight is 321 g/mol. The third-order valence-electron chi connectivity index (χ3n) is 2.09. The maximum Gasteiger partial charge on any atom is 0.164 e. The fourth-order valence-electron chi connectivity index (χ4n) is 1.35. The second kappa shape index (κ2) is 4.99. The summed E-state index contributed by atoms with van der Waals surface area (Å²) in [7, 11) is 0. The lowest BCUT2D eigenvalue weighted by Gasteiger charge is -1.96. The number of rotatable bonds is 2. The van der Waals surface area contributed by atoms with Crippen molar-refractivity contribution in [2.24, 2.45) is 0 Å². The van der Waals surface area contributed by atoms with Crippen molar-refractivity contribution >= 4 is 34.2 Å². The summed E-state index contributed by atoms with van der Waals surface area (Å²) in [5.74, 6) is 0.699. The van der Waals surface area contributed by atoms with Gasteiger partial charge in [0.15, 0.2) is 3.77 Å². The van der Waals surface area contributed by atoms with Crippen LogP contribution in [-0.4, -0.2) is 0 Å². The highest BCUT2D eigenvalue weighted by Crippen LogP contribution is 2.19. The van der Waals surface area contributed by atoms with Crippen molar-refractivity contribution < 1.29 is 4.42 Å². The fourth-order valence-corrected chi connectivity index (χ4v) is 1.78. The minimum Gasteiger partial charge on any atom is -0.451 e. The van der Waals surface area contributed by atoms with Gasteiger partial charge in [0, 0.05) is 0 Å². The van der Waals surface area contributed by atoms with E-state index < -0.39 is 0 Å². The number of furan rings is 1. The van der Waals surface area contributed by atoms with Gasteiger partial charge in [-0.3, -0.25) is 0 Å². The number of nitrogens with zero attached hydrogens (tertiary/aromatic N) is 1. The van der Waals surface area contributed by atoms with Gasteiger partial charge in [-0.1, -0.05) is 30.3 Å². The first-order valence-electron chi connectivity index (χ1n) is 4.72. The van der Waals surface area contributed by atoms with Crippen LogP contribution in [0.4, 0.5) is 0 Å². The Hall–Kier alpha value is -1.54. The smallest absolute Gasteiger partial charge is 0.164 e. The zero-order chi connectivity index (χ0) is 11.4. The number of nitriles is 1. The lowest BCUT2D eigenvalue weighted by molar-refractivity contribution is 0.528. The predicted molar refractivity (Wildman–Crippen MR) is 71.4 cm³/mol. The Balaban J connectivity index is 2.38. The van der Waals surface area contributed by atoms with E-state index in [2.05, 4.69) is 28.7 Å². The van der Waals surface area contributed by atoms with Crippen molar-refractivity contribution in [3.8, 4) is 6.07 Å². The summed E-state index contributed by atoms with van der Waals surface area (Å²) >= 11 is 2.10. The molecule has 1 aromatic heterocycles. The molecule has 0 radical (unpaired) electrons. The molecule has 0 unspecified atom stereocenters. The zero-order valence-electron chi connectivity index (χ0n) is 8.35. The van der Waals surface area contributed by atoms with E-state index in [4.69, 9.17) is 9.68 Å². The van der Waals surface area contributed by atoms with Crippen LogP contribution in [0, 0.1) is 15.1 Å². The van der Waals surface area contributed by atoms with Crippen molar-refractivity contribution in [2.75, 3.05) is 0 Å². The first-order chi connectivity index (χ1) is 7.79. The Morgan fingerprint density at radius 2 is 1.94 bits per heavy atom. The highest BCUT2D eigenvalue weighted by Gasteiger charge is 2.02. The van der Waals surface area contributed by atoms with Gasteiger partial charge in [-0.05, 0) is 46.4 Å². The van der Waals surface area contributed by atoms with E-state index in [-0.39, 0.29) is 0 Å². The van der Waals surface area contributed by atoms with E-state index in [1.165, 1.54) is 0 Å². The van der Waals surface area contributed by atoms with E-state index in [9.17, 15) is 0 Å². The van der Waals surface area contributed by atoms with E-state index in [0.717, 1.165) is 9.33 Å². The monoisotopic (exact) mass is 321 g/mol. The van der Waals surface area contributed by atoms with Gasteiger partial charge in [0.25, 0.3) is 0 Å². The third-order valence-corrected chi connectivity index (χ3v) is 2.67. The molecular weight excluding hydrogens is 313 g/mol. The highest BCUT2D eigenvalue weighted by atomic mass is 127. The average Bonchev–Trinajstić information content (AvgIpc) is 2.73. The molecule has 2 rings (SSSR count). The molecule has 2 aromatic rings. The molecule has 0 fully saturated rings. The van der Waals surface area contributed by atoms with Gasteiger partial charge in [0.1, 0.15) is 5.76 Å². The molecule has 0 amide bonds. The number of benzene rings is 1. The molecule has 2 nitrogen and oxygen atoms in total. The summed E-state index contributed by atoms with van der Waals surface area (Å²) in [6.07, 6.45) is 1.75. The molecule has 78 valence electrons. The van der Waals surface area contributed by atoms with Crippen LogP contribution in [0.2, 0.25) is 0 Å². The van der Waals surface area contributed by atoms with E-state index in [1.807, 2.05) is 42.5 Å². The largest absolute Gasteiger partial charge is 0.451 e. The highest BCUT2D eigenvalue weighted by molar-refractivity contribution is 14.1. The summed E-state index contributed by atoms with van der Waals surface area (Å²) in [6.45, 7) is 0. The normalized spacial score (nSPS) is 11.1. The second-order valence-electron chi connectivity index (χ2n) is 3.18. The van der Waals surface area contributed by atoms with Crippen molar-refractivity contribution in [1.82, 2.24) is 0 Å². The van der Waals surface area contributed by atoms with Gasteiger partial charge in [0.2, 0.25) is 0 Å². The Morgan fingerprint density at radius 1 is 1.19 bits per heavy atom. The van der Waals surface area contributed by atoms with E-state index in [1.54, 1.807) is 6.08 Å². The molecular formula is C13H8INO. The molecule has 0 saturated carbocycles. The first-order valence-corrected chi connectivity index (χ1v) is 5.80. The standard InChI is InChI=1S/C13H8INO/c14-13-7-6-12(16-13)8-11(9-15)10-4-2-1-3-5-10/h1-8H/b11-8+. The van der Waals surface area contributed by atoms with Crippen molar-refractivity contribution in [1.29, 1.82) is 5.26 Å². The molecule has 3 heteroatoms. The van der Waals surface area contributed by atoms with Gasteiger partial charge in [0.05, 0.1) is 11.6 Å².